The van der Waals surface area contributed by atoms with Crippen molar-refractivity contribution in [2.75, 3.05) is 19.8 Å². The van der Waals surface area contributed by atoms with Crippen LogP contribution in [0.4, 0.5) is 0 Å². The monoisotopic (exact) mass is 333 g/mol. The third-order valence-corrected chi connectivity index (χ3v) is 4.85. The minimum Gasteiger partial charge on any atom is -0.378 e. The second-order valence-electron chi connectivity index (χ2n) is 6.62. The van der Waals surface area contributed by atoms with Gasteiger partial charge in [-0.15, -0.1) is 0 Å². The van der Waals surface area contributed by atoms with Crippen molar-refractivity contribution < 1.29 is 13.8 Å². The molecule has 2 fully saturated rings. The van der Waals surface area contributed by atoms with Crippen molar-refractivity contribution >= 4 is 0 Å². The third kappa shape index (κ3) is 3.34. The Morgan fingerprint density at radius 3 is 2.67 bits per heavy atom. The average molecular weight is 333 g/mol. The van der Waals surface area contributed by atoms with Gasteiger partial charge in [0, 0.05) is 12.5 Å². The lowest BCUT2D eigenvalue weighted by molar-refractivity contribution is -0.0254. The molecule has 1 aliphatic heterocycles. The van der Waals surface area contributed by atoms with E-state index in [1.807, 2.05) is 6.92 Å². The Morgan fingerprint density at radius 1 is 1.04 bits per heavy atom. The van der Waals surface area contributed by atoms with Gasteiger partial charge < -0.3 is 13.8 Å². The van der Waals surface area contributed by atoms with Crippen LogP contribution in [-0.2, 0) is 11.3 Å². The summed E-state index contributed by atoms with van der Waals surface area (Å²) < 4.78 is 16.4. The van der Waals surface area contributed by atoms with E-state index in [-0.39, 0.29) is 6.04 Å². The van der Waals surface area contributed by atoms with E-state index in [9.17, 15) is 0 Å². The third-order valence-electron chi connectivity index (χ3n) is 4.85. The summed E-state index contributed by atoms with van der Waals surface area (Å²) in [5.41, 5.74) is 0. The predicted molar refractivity (Wildman–Crippen MR) is 83.1 cm³/mol. The molecule has 130 valence electrons. The number of aromatic nitrogens is 4. The first-order valence-electron chi connectivity index (χ1n) is 8.74. The van der Waals surface area contributed by atoms with Crippen molar-refractivity contribution in [2.45, 2.75) is 57.5 Å². The van der Waals surface area contributed by atoms with Gasteiger partial charge in [-0.05, 0) is 19.8 Å². The molecule has 2 aliphatic rings. The molecule has 8 heteroatoms. The van der Waals surface area contributed by atoms with Crippen molar-refractivity contribution in [2.24, 2.45) is 0 Å². The van der Waals surface area contributed by atoms with Gasteiger partial charge in [0.15, 0.2) is 11.6 Å². The second kappa shape index (κ2) is 6.98. The maximum atomic E-state index is 5.58. The Morgan fingerprint density at radius 2 is 1.88 bits per heavy atom. The Balaban J connectivity index is 1.45. The van der Waals surface area contributed by atoms with Crippen LogP contribution < -0.4 is 0 Å². The highest BCUT2D eigenvalue weighted by molar-refractivity contribution is 4.99. The molecule has 0 spiro atoms. The van der Waals surface area contributed by atoms with E-state index in [0.717, 1.165) is 31.1 Å². The molecule has 1 saturated heterocycles. The van der Waals surface area contributed by atoms with Crippen LogP contribution in [0.1, 0.15) is 67.5 Å². The molecule has 0 radical (unpaired) electrons. The first-order valence-corrected chi connectivity index (χ1v) is 8.74. The Bertz CT molecular complexity index is 664. The second-order valence-corrected chi connectivity index (χ2v) is 6.62. The van der Waals surface area contributed by atoms with E-state index < -0.39 is 0 Å². The lowest BCUT2D eigenvalue weighted by Crippen LogP contribution is -2.39. The highest BCUT2D eigenvalue weighted by Gasteiger charge is 2.31. The van der Waals surface area contributed by atoms with Crippen LogP contribution in [0.3, 0.4) is 0 Å². The number of ether oxygens (including phenoxy) is 1. The molecule has 0 N–H and O–H groups in total. The zero-order valence-corrected chi connectivity index (χ0v) is 14.0. The summed E-state index contributed by atoms with van der Waals surface area (Å²) in [6, 6.07) is -0.0587. The Hall–Kier alpha value is -1.80. The topological polar surface area (TPSA) is 90.3 Å². The first-order chi connectivity index (χ1) is 11.8. The zero-order chi connectivity index (χ0) is 16.4. The van der Waals surface area contributed by atoms with Gasteiger partial charge in [0.1, 0.15) is 6.04 Å². The fraction of sp³-hybridized carbons (Fsp3) is 0.750. The minimum atomic E-state index is -0.0587. The predicted octanol–water partition coefficient (Wildman–Crippen LogP) is 2.38. The van der Waals surface area contributed by atoms with Gasteiger partial charge >= 0.3 is 0 Å². The van der Waals surface area contributed by atoms with E-state index in [2.05, 4.69) is 25.2 Å². The lowest BCUT2D eigenvalue weighted by Gasteiger charge is -2.32. The fourth-order valence-corrected chi connectivity index (χ4v) is 3.53. The molecular formula is C16H23N5O3. The molecule has 0 bridgehead atoms. The van der Waals surface area contributed by atoms with E-state index in [1.165, 1.54) is 19.3 Å². The molecule has 4 rings (SSSR count). The largest absolute Gasteiger partial charge is 0.378 e. The molecule has 0 amide bonds. The van der Waals surface area contributed by atoms with Gasteiger partial charge in [0.05, 0.1) is 19.8 Å². The van der Waals surface area contributed by atoms with Gasteiger partial charge in [-0.1, -0.05) is 29.6 Å². The van der Waals surface area contributed by atoms with Crippen molar-refractivity contribution in [1.82, 2.24) is 25.2 Å². The number of hydrogen-bond acceptors (Lipinski definition) is 8. The van der Waals surface area contributed by atoms with Crippen LogP contribution in [0, 0.1) is 6.92 Å². The van der Waals surface area contributed by atoms with Gasteiger partial charge in [0.2, 0.25) is 11.8 Å². The van der Waals surface area contributed by atoms with Crippen LogP contribution in [0.5, 0.6) is 0 Å². The van der Waals surface area contributed by atoms with Gasteiger partial charge in [-0.25, -0.2) is 0 Å². The molecule has 24 heavy (non-hydrogen) atoms. The number of aryl methyl sites for hydroxylation is 1. The van der Waals surface area contributed by atoms with E-state index in [0.29, 0.717) is 37.4 Å². The maximum absolute atomic E-state index is 5.58. The average Bonchev–Trinajstić information content (AvgIpc) is 3.25. The Kier molecular flexibility index (Phi) is 4.57. The zero-order valence-electron chi connectivity index (χ0n) is 14.0. The summed E-state index contributed by atoms with van der Waals surface area (Å²) in [6.45, 7) is 4.41. The van der Waals surface area contributed by atoms with Gasteiger partial charge in [-0.2, -0.15) is 9.97 Å². The minimum absolute atomic E-state index is 0.0587. The van der Waals surface area contributed by atoms with Gasteiger partial charge in [0.25, 0.3) is 0 Å². The van der Waals surface area contributed by atoms with Crippen molar-refractivity contribution in [3.05, 3.63) is 23.4 Å². The molecule has 0 aromatic carbocycles. The van der Waals surface area contributed by atoms with Crippen LogP contribution in [0.25, 0.3) is 0 Å². The summed E-state index contributed by atoms with van der Waals surface area (Å²) in [7, 11) is 0. The molecule has 2 aromatic heterocycles. The van der Waals surface area contributed by atoms with Crippen molar-refractivity contribution in [3.63, 3.8) is 0 Å². The smallest absolute Gasteiger partial charge is 0.246 e. The molecular weight excluding hydrogens is 310 g/mol. The molecule has 8 nitrogen and oxygen atoms in total. The number of nitrogens with zero attached hydrogens (tertiary/aromatic N) is 5. The molecule has 1 aliphatic carbocycles. The Labute approximate surface area is 140 Å². The summed E-state index contributed by atoms with van der Waals surface area (Å²) in [6.07, 6.45) is 6.14. The van der Waals surface area contributed by atoms with Crippen LogP contribution in [-0.4, -0.2) is 44.9 Å². The van der Waals surface area contributed by atoms with E-state index in [4.69, 9.17) is 13.8 Å². The highest BCUT2D eigenvalue weighted by atomic mass is 16.5. The van der Waals surface area contributed by atoms with Crippen LogP contribution >= 0.6 is 0 Å². The van der Waals surface area contributed by atoms with Crippen molar-refractivity contribution in [3.8, 4) is 0 Å². The standard InChI is InChI=1S/C16H23N5O3/c1-11-17-16(24-19-11)13-10-22-8-7-21(13)9-14-18-15(23-20-14)12-5-3-2-4-6-12/h12-13H,2-10H2,1H3/t13-/m1/s1. The van der Waals surface area contributed by atoms with Crippen LogP contribution in [0.2, 0.25) is 0 Å². The van der Waals surface area contributed by atoms with Gasteiger partial charge in [-0.3, -0.25) is 4.90 Å². The highest BCUT2D eigenvalue weighted by Crippen LogP contribution is 2.32. The molecule has 0 unspecified atom stereocenters. The molecule has 1 saturated carbocycles. The molecule has 3 heterocycles. The maximum Gasteiger partial charge on any atom is 0.246 e. The van der Waals surface area contributed by atoms with Crippen LogP contribution in [0.15, 0.2) is 9.05 Å². The SMILES string of the molecule is Cc1noc([C@H]2COCCN2Cc2noc(C3CCCCC3)n2)n1. The summed E-state index contributed by atoms with van der Waals surface area (Å²) >= 11 is 0. The quantitative estimate of drug-likeness (QED) is 0.842. The molecule has 2 aromatic rings. The molecule has 1 atom stereocenters. The number of rotatable bonds is 4. The fourth-order valence-electron chi connectivity index (χ4n) is 3.53. The van der Waals surface area contributed by atoms with E-state index >= 15 is 0 Å². The van der Waals surface area contributed by atoms with Crippen molar-refractivity contribution in [1.29, 1.82) is 0 Å². The summed E-state index contributed by atoms with van der Waals surface area (Å²) in [5, 5.41) is 8.06. The summed E-state index contributed by atoms with van der Waals surface area (Å²) in [5.74, 6) is 3.17. The summed E-state index contributed by atoms with van der Waals surface area (Å²) in [4.78, 5) is 11.2. The first kappa shape index (κ1) is 15.7. The number of hydrogen-bond donors (Lipinski definition) is 0. The van der Waals surface area contributed by atoms with E-state index in [1.54, 1.807) is 0 Å². The number of morpholine rings is 1. The normalized spacial score (nSPS) is 23.6. The lowest BCUT2D eigenvalue weighted by atomic mass is 9.89.